The first-order chi connectivity index (χ1) is 18.0. The number of benzene rings is 3. The van der Waals surface area contributed by atoms with Crippen LogP contribution in [0.1, 0.15) is 99.8 Å². The lowest BCUT2D eigenvalue weighted by Crippen LogP contribution is -2.15. The van der Waals surface area contributed by atoms with Crippen LogP contribution in [0.2, 0.25) is 0 Å². The Hall–Kier alpha value is -2.55. The zero-order chi connectivity index (χ0) is 26.2. The van der Waals surface area contributed by atoms with Crippen LogP contribution in [0.3, 0.4) is 0 Å². The highest BCUT2D eigenvalue weighted by Crippen LogP contribution is 2.39. The second kappa shape index (κ2) is 13.3. The van der Waals surface area contributed by atoms with Crippen LogP contribution in [-0.4, -0.2) is 0 Å². The molecule has 0 bridgehead atoms. The zero-order valence-corrected chi connectivity index (χ0v) is 22.5. The molecule has 0 aromatic heterocycles. The van der Waals surface area contributed by atoms with Gasteiger partial charge in [0, 0.05) is 5.56 Å². The van der Waals surface area contributed by atoms with Gasteiger partial charge in [0.1, 0.15) is 5.82 Å². The minimum atomic E-state index is -0.689. The summed E-state index contributed by atoms with van der Waals surface area (Å²) in [5, 5.41) is 0. The van der Waals surface area contributed by atoms with Gasteiger partial charge in [0.15, 0.2) is 11.6 Å². The Kier molecular flexibility index (Phi) is 9.88. The van der Waals surface area contributed by atoms with Gasteiger partial charge in [0.05, 0.1) is 0 Å². The summed E-state index contributed by atoms with van der Waals surface area (Å²) in [5.74, 6) is -0.661. The van der Waals surface area contributed by atoms with E-state index in [1.807, 2.05) is 42.5 Å². The minimum absolute atomic E-state index is 0.134. The summed E-state index contributed by atoms with van der Waals surface area (Å²) in [6, 6.07) is 16.9. The summed E-state index contributed by atoms with van der Waals surface area (Å²) >= 11 is 0. The largest absolute Gasteiger partial charge is 0.206 e. The SMILES string of the molecule is CCCCCc1ccc(-c2ccc(CCc3ccc(C4CCC(CCC)CC4)c(F)c3F)cc2)c(F)c1. The van der Waals surface area contributed by atoms with E-state index in [2.05, 4.69) is 13.8 Å². The van der Waals surface area contributed by atoms with Crippen LogP contribution in [0.5, 0.6) is 0 Å². The molecule has 3 aromatic rings. The van der Waals surface area contributed by atoms with Crippen LogP contribution >= 0.6 is 0 Å². The topological polar surface area (TPSA) is 0 Å². The summed E-state index contributed by atoms with van der Waals surface area (Å²) in [7, 11) is 0. The lowest BCUT2D eigenvalue weighted by atomic mass is 9.77. The van der Waals surface area contributed by atoms with Crippen molar-refractivity contribution in [3.8, 4) is 11.1 Å². The highest BCUT2D eigenvalue weighted by molar-refractivity contribution is 5.64. The molecule has 3 heteroatoms. The predicted octanol–water partition coefficient (Wildman–Crippen LogP) is 10.4. The minimum Gasteiger partial charge on any atom is -0.206 e. The third kappa shape index (κ3) is 7.06. The molecule has 198 valence electrons. The summed E-state index contributed by atoms with van der Waals surface area (Å²) < 4.78 is 44.7. The van der Waals surface area contributed by atoms with E-state index in [4.69, 9.17) is 0 Å². The Labute approximate surface area is 221 Å². The first kappa shape index (κ1) is 27.5. The molecule has 1 aliphatic carbocycles. The fourth-order valence-corrected chi connectivity index (χ4v) is 5.94. The van der Waals surface area contributed by atoms with Gasteiger partial charge in [-0.1, -0.05) is 88.1 Å². The van der Waals surface area contributed by atoms with Gasteiger partial charge in [-0.05, 0) is 97.1 Å². The Morgan fingerprint density at radius 3 is 2.08 bits per heavy atom. The molecule has 1 saturated carbocycles. The third-order valence-electron chi connectivity index (χ3n) is 8.23. The molecule has 4 rings (SSSR count). The Morgan fingerprint density at radius 1 is 0.676 bits per heavy atom. The van der Waals surface area contributed by atoms with Crippen LogP contribution in [0, 0.1) is 23.4 Å². The van der Waals surface area contributed by atoms with Crippen molar-refractivity contribution in [1.29, 1.82) is 0 Å². The number of aryl methyl sites for hydroxylation is 3. The molecule has 0 atom stereocenters. The molecule has 0 heterocycles. The van der Waals surface area contributed by atoms with E-state index in [0.717, 1.165) is 74.0 Å². The van der Waals surface area contributed by atoms with Crippen molar-refractivity contribution in [3.05, 3.63) is 94.3 Å². The highest BCUT2D eigenvalue weighted by atomic mass is 19.2. The molecular formula is C34H41F3. The third-order valence-corrected chi connectivity index (χ3v) is 8.23. The fourth-order valence-electron chi connectivity index (χ4n) is 5.94. The van der Waals surface area contributed by atoms with Gasteiger partial charge in [-0.15, -0.1) is 0 Å². The Bertz CT molecular complexity index is 1140. The maximum atomic E-state index is 15.0. The molecule has 1 fully saturated rings. The predicted molar refractivity (Wildman–Crippen MR) is 148 cm³/mol. The second-order valence-corrected chi connectivity index (χ2v) is 10.9. The van der Waals surface area contributed by atoms with E-state index in [0.29, 0.717) is 29.5 Å². The highest BCUT2D eigenvalue weighted by Gasteiger charge is 2.26. The molecular weight excluding hydrogens is 465 g/mol. The first-order valence-corrected chi connectivity index (χ1v) is 14.3. The molecule has 0 unspecified atom stereocenters. The van der Waals surface area contributed by atoms with E-state index < -0.39 is 11.6 Å². The summed E-state index contributed by atoms with van der Waals surface area (Å²) in [5.41, 5.74) is 4.47. The van der Waals surface area contributed by atoms with Crippen LogP contribution < -0.4 is 0 Å². The molecule has 0 N–H and O–H groups in total. The number of halogens is 3. The molecule has 37 heavy (non-hydrogen) atoms. The van der Waals surface area contributed by atoms with Gasteiger partial charge < -0.3 is 0 Å². The van der Waals surface area contributed by atoms with Gasteiger partial charge in [0.25, 0.3) is 0 Å². The monoisotopic (exact) mass is 506 g/mol. The molecule has 0 nitrogen and oxygen atoms in total. The zero-order valence-electron chi connectivity index (χ0n) is 22.5. The molecule has 0 radical (unpaired) electrons. The molecule has 1 aliphatic rings. The van der Waals surface area contributed by atoms with Crippen molar-refractivity contribution < 1.29 is 13.2 Å². The van der Waals surface area contributed by atoms with Gasteiger partial charge in [-0.2, -0.15) is 0 Å². The van der Waals surface area contributed by atoms with E-state index in [1.165, 1.54) is 12.8 Å². The molecule has 3 aromatic carbocycles. The Morgan fingerprint density at radius 2 is 1.41 bits per heavy atom. The van der Waals surface area contributed by atoms with Crippen molar-refractivity contribution in [2.45, 2.75) is 96.8 Å². The van der Waals surface area contributed by atoms with Crippen LogP contribution in [0.4, 0.5) is 13.2 Å². The smallest absolute Gasteiger partial charge is 0.162 e. The quantitative estimate of drug-likeness (QED) is 0.227. The summed E-state index contributed by atoms with van der Waals surface area (Å²) in [6.45, 7) is 4.37. The van der Waals surface area contributed by atoms with E-state index in [1.54, 1.807) is 12.1 Å². The summed E-state index contributed by atoms with van der Waals surface area (Å²) in [6.07, 6.45) is 11.9. The normalized spacial score (nSPS) is 17.8. The van der Waals surface area contributed by atoms with Gasteiger partial charge >= 0.3 is 0 Å². The van der Waals surface area contributed by atoms with Crippen molar-refractivity contribution in [2.24, 2.45) is 5.92 Å². The molecule has 0 amide bonds. The number of rotatable bonds is 11. The van der Waals surface area contributed by atoms with E-state index in [-0.39, 0.29) is 11.7 Å². The van der Waals surface area contributed by atoms with Gasteiger partial charge in [-0.25, -0.2) is 13.2 Å². The average Bonchev–Trinajstić information content (AvgIpc) is 2.91. The lowest BCUT2D eigenvalue weighted by molar-refractivity contribution is 0.302. The van der Waals surface area contributed by atoms with Crippen molar-refractivity contribution in [3.63, 3.8) is 0 Å². The molecule has 0 aliphatic heterocycles. The maximum Gasteiger partial charge on any atom is 0.162 e. The molecule has 0 spiro atoms. The molecule has 0 saturated heterocycles. The van der Waals surface area contributed by atoms with Crippen molar-refractivity contribution in [2.75, 3.05) is 0 Å². The number of hydrogen-bond donors (Lipinski definition) is 0. The number of unbranched alkanes of at least 4 members (excludes halogenated alkanes) is 2. The average molecular weight is 507 g/mol. The van der Waals surface area contributed by atoms with Crippen LogP contribution in [0.25, 0.3) is 11.1 Å². The van der Waals surface area contributed by atoms with Crippen LogP contribution in [0.15, 0.2) is 54.6 Å². The summed E-state index contributed by atoms with van der Waals surface area (Å²) in [4.78, 5) is 0. The van der Waals surface area contributed by atoms with Crippen molar-refractivity contribution >= 4 is 0 Å². The standard InChI is InChI=1S/C34H41F3/c1-3-5-6-8-26-14-21-30(32(35)23-26)27-15-11-25(12-16-27)13-19-29-20-22-31(34(37)33(29)36)28-17-9-24(7-4-2)10-18-28/h11-12,14-16,20-24,28H,3-10,13,17-19H2,1-2H3. The van der Waals surface area contributed by atoms with E-state index >= 15 is 4.39 Å². The maximum absolute atomic E-state index is 15.0. The van der Waals surface area contributed by atoms with E-state index in [9.17, 15) is 8.78 Å². The van der Waals surface area contributed by atoms with Crippen LogP contribution in [-0.2, 0) is 19.3 Å². The van der Waals surface area contributed by atoms with Gasteiger partial charge in [-0.3, -0.25) is 0 Å². The fraction of sp³-hybridized carbons (Fsp3) is 0.471. The first-order valence-electron chi connectivity index (χ1n) is 14.3. The lowest BCUT2D eigenvalue weighted by Gasteiger charge is -2.29. The Balaban J connectivity index is 1.36. The van der Waals surface area contributed by atoms with Crippen molar-refractivity contribution in [1.82, 2.24) is 0 Å². The number of hydrogen-bond acceptors (Lipinski definition) is 0. The second-order valence-electron chi connectivity index (χ2n) is 10.9. The van der Waals surface area contributed by atoms with Gasteiger partial charge in [0.2, 0.25) is 0 Å².